The molecule has 122 valence electrons. The highest BCUT2D eigenvalue weighted by atomic mass is 79.9. The summed E-state index contributed by atoms with van der Waals surface area (Å²) in [6.45, 7) is 0. The van der Waals surface area contributed by atoms with Crippen LogP contribution in [0.15, 0.2) is 99.9 Å². The topological polar surface area (TPSA) is 15.6 Å². The summed E-state index contributed by atoms with van der Waals surface area (Å²) in [6.07, 6.45) is 0. The first-order valence-electron chi connectivity index (χ1n) is 7.93. The highest BCUT2D eigenvalue weighted by Gasteiger charge is 2.20. The zero-order chi connectivity index (χ0) is 17.1. The van der Waals surface area contributed by atoms with E-state index in [-0.39, 0.29) is 0 Å². The van der Waals surface area contributed by atoms with Gasteiger partial charge in [0, 0.05) is 21.0 Å². The van der Waals surface area contributed by atoms with E-state index in [0.717, 1.165) is 32.0 Å². The summed E-state index contributed by atoms with van der Waals surface area (Å²) in [7, 11) is 0. The Morgan fingerprint density at radius 1 is 0.720 bits per heavy atom. The first kappa shape index (κ1) is 16.2. The molecule has 0 N–H and O–H groups in total. The molecule has 0 amide bonds. The van der Waals surface area contributed by atoms with Crippen LogP contribution in [0.4, 0.5) is 5.69 Å². The van der Waals surface area contributed by atoms with Crippen LogP contribution in [0.3, 0.4) is 0 Å². The van der Waals surface area contributed by atoms with E-state index in [1.54, 1.807) is 11.8 Å². The van der Waals surface area contributed by atoms with Crippen LogP contribution in [0.1, 0.15) is 11.1 Å². The second-order valence-corrected chi connectivity index (χ2v) is 7.32. The van der Waals surface area contributed by atoms with Gasteiger partial charge in [-0.1, -0.05) is 88.4 Å². The molecule has 25 heavy (non-hydrogen) atoms. The van der Waals surface area contributed by atoms with Crippen molar-refractivity contribution < 1.29 is 0 Å². The predicted octanol–water partition coefficient (Wildman–Crippen LogP) is 6.36. The normalized spacial score (nSPS) is 14.0. The van der Waals surface area contributed by atoms with Crippen LogP contribution in [0.5, 0.6) is 0 Å². The minimum Gasteiger partial charge on any atom is -0.232 e. The Hall–Kier alpha value is -2.30. The maximum absolute atomic E-state index is 4.94. The number of anilines is 1. The van der Waals surface area contributed by atoms with Crippen molar-refractivity contribution >= 4 is 44.1 Å². The van der Waals surface area contributed by atoms with Gasteiger partial charge in [-0.15, -0.1) is 0 Å². The third kappa shape index (κ3) is 3.55. The fraction of sp³-hybridized carbons (Fsp3) is 0. The van der Waals surface area contributed by atoms with Crippen LogP contribution in [-0.4, -0.2) is 5.04 Å². The van der Waals surface area contributed by atoms with E-state index in [2.05, 4.69) is 69.9 Å². The highest BCUT2D eigenvalue weighted by molar-refractivity contribution is 9.10. The van der Waals surface area contributed by atoms with E-state index in [4.69, 9.17) is 5.10 Å². The average Bonchev–Trinajstić information content (AvgIpc) is 2.70. The van der Waals surface area contributed by atoms with Crippen molar-refractivity contribution in [1.82, 2.24) is 0 Å². The summed E-state index contributed by atoms with van der Waals surface area (Å²) >= 11 is 5.16. The molecule has 0 radical (unpaired) electrons. The molecule has 0 saturated carbocycles. The SMILES string of the molecule is Brc1ccc(C2=CSC(c3ccccc3)=NN2c2ccccc2)cc1. The average molecular weight is 407 g/mol. The Balaban J connectivity index is 1.77. The zero-order valence-electron chi connectivity index (χ0n) is 13.3. The lowest BCUT2D eigenvalue weighted by molar-refractivity contribution is 1.10. The lowest BCUT2D eigenvalue weighted by atomic mass is 10.1. The maximum atomic E-state index is 4.94. The molecule has 3 aromatic carbocycles. The fourth-order valence-corrected chi connectivity index (χ4v) is 3.74. The van der Waals surface area contributed by atoms with Gasteiger partial charge >= 0.3 is 0 Å². The summed E-state index contributed by atoms with van der Waals surface area (Å²) in [6, 6.07) is 28.9. The van der Waals surface area contributed by atoms with Crippen molar-refractivity contribution in [3.63, 3.8) is 0 Å². The maximum Gasteiger partial charge on any atom is 0.129 e. The van der Waals surface area contributed by atoms with Crippen LogP contribution in [0.2, 0.25) is 0 Å². The van der Waals surface area contributed by atoms with E-state index in [1.807, 2.05) is 41.4 Å². The van der Waals surface area contributed by atoms with Gasteiger partial charge in [0.2, 0.25) is 0 Å². The third-order valence-electron chi connectivity index (χ3n) is 3.86. The molecule has 0 atom stereocenters. The molecule has 0 aliphatic carbocycles. The van der Waals surface area contributed by atoms with Crippen LogP contribution in [0, 0.1) is 0 Å². The van der Waals surface area contributed by atoms with Crippen LogP contribution in [-0.2, 0) is 0 Å². The van der Waals surface area contributed by atoms with E-state index in [9.17, 15) is 0 Å². The number of nitrogens with zero attached hydrogens (tertiary/aromatic N) is 2. The van der Waals surface area contributed by atoms with Crippen LogP contribution < -0.4 is 5.01 Å². The number of rotatable bonds is 3. The minimum absolute atomic E-state index is 0.991. The lowest BCUT2D eigenvalue weighted by Gasteiger charge is -2.27. The van der Waals surface area contributed by atoms with Crippen LogP contribution in [0.25, 0.3) is 5.70 Å². The van der Waals surface area contributed by atoms with Crippen molar-refractivity contribution in [3.8, 4) is 0 Å². The summed E-state index contributed by atoms with van der Waals surface area (Å²) in [4.78, 5) is 0. The molecule has 1 heterocycles. The van der Waals surface area contributed by atoms with Gasteiger partial charge in [-0.25, -0.2) is 5.01 Å². The Morgan fingerprint density at radius 2 is 1.36 bits per heavy atom. The van der Waals surface area contributed by atoms with Gasteiger partial charge in [0.05, 0.1) is 11.4 Å². The van der Waals surface area contributed by atoms with Crippen molar-refractivity contribution in [2.24, 2.45) is 5.10 Å². The molecule has 4 heteroatoms. The minimum atomic E-state index is 0.991. The molecule has 1 aliphatic heterocycles. The van der Waals surface area contributed by atoms with Crippen LogP contribution >= 0.6 is 27.7 Å². The Morgan fingerprint density at radius 3 is 2.04 bits per heavy atom. The first-order valence-corrected chi connectivity index (χ1v) is 9.60. The third-order valence-corrected chi connectivity index (χ3v) is 5.27. The number of hydrogen-bond donors (Lipinski definition) is 0. The molecule has 2 nitrogen and oxygen atoms in total. The molecule has 0 saturated heterocycles. The Bertz CT molecular complexity index is 919. The Labute approximate surface area is 160 Å². The quantitative estimate of drug-likeness (QED) is 0.502. The summed E-state index contributed by atoms with van der Waals surface area (Å²) in [5.74, 6) is 0. The molecule has 0 fully saturated rings. The van der Waals surface area contributed by atoms with Gasteiger partial charge in [-0.2, -0.15) is 5.10 Å². The molecule has 4 rings (SSSR count). The molecule has 0 unspecified atom stereocenters. The number of halogens is 1. The van der Waals surface area contributed by atoms with Gasteiger partial charge < -0.3 is 0 Å². The molecular formula is C21H15BrN2S. The molecule has 3 aromatic rings. The Kier molecular flexibility index (Phi) is 4.72. The van der Waals surface area contributed by atoms with Gasteiger partial charge in [-0.05, 0) is 24.3 Å². The lowest BCUT2D eigenvalue weighted by Crippen LogP contribution is -2.20. The number of benzene rings is 3. The number of thioether (sulfide) groups is 1. The number of hydrazone groups is 1. The van der Waals surface area contributed by atoms with Crippen molar-refractivity contribution in [3.05, 3.63) is 106 Å². The molecular weight excluding hydrogens is 392 g/mol. The molecule has 0 aromatic heterocycles. The molecule has 0 bridgehead atoms. The predicted molar refractivity (Wildman–Crippen MR) is 112 cm³/mol. The molecule has 1 aliphatic rings. The summed E-state index contributed by atoms with van der Waals surface area (Å²) in [5, 5.41) is 10.1. The van der Waals surface area contributed by atoms with E-state index in [0.29, 0.717) is 0 Å². The van der Waals surface area contributed by atoms with Crippen molar-refractivity contribution in [1.29, 1.82) is 0 Å². The summed E-state index contributed by atoms with van der Waals surface area (Å²) in [5.41, 5.74) is 4.38. The van der Waals surface area contributed by atoms with Gasteiger partial charge in [0.1, 0.15) is 5.04 Å². The molecule has 0 spiro atoms. The second-order valence-electron chi connectivity index (χ2n) is 5.55. The second kappa shape index (κ2) is 7.30. The van der Waals surface area contributed by atoms with Crippen molar-refractivity contribution in [2.75, 3.05) is 5.01 Å². The van der Waals surface area contributed by atoms with Crippen molar-refractivity contribution in [2.45, 2.75) is 0 Å². The highest BCUT2D eigenvalue weighted by Crippen LogP contribution is 2.35. The fourth-order valence-electron chi connectivity index (χ4n) is 2.61. The van der Waals surface area contributed by atoms with Gasteiger partial charge in [0.15, 0.2) is 0 Å². The van der Waals surface area contributed by atoms with E-state index < -0.39 is 0 Å². The largest absolute Gasteiger partial charge is 0.232 e. The summed E-state index contributed by atoms with van der Waals surface area (Å²) < 4.78 is 1.07. The van der Waals surface area contributed by atoms with Gasteiger partial charge in [-0.3, -0.25) is 0 Å². The number of hydrogen-bond acceptors (Lipinski definition) is 3. The van der Waals surface area contributed by atoms with E-state index >= 15 is 0 Å². The zero-order valence-corrected chi connectivity index (χ0v) is 15.7. The first-order chi connectivity index (χ1) is 12.3. The number of para-hydroxylation sites is 1. The van der Waals surface area contributed by atoms with E-state index in [1.165, 1.54) is 0 Å². The van der Waals surface area contributed by atoms with Gasteiger partial charge in [0.25, 0.3) is 0 Å². The smallest absolute Gasteiger partial charge is 0.129 e. The monoisotopic (exact) mass is 406 g/mol. The standard InChI is InChI=1S/C21H15BrN2S/c22-18-13-11-16(12-14-18)20-15-25-21(17-7-3-1-4-8-17)23-24(20)19-9-5-2-6-10-19/h1-15H.